The van der Waals surface area contributed by atoms with Gasteiger partial charge in [0.25, 0.3) is 5.91 Å². The molecule has 7 nitrogen and oxygen atoms in total. The fraction of sp³-hybridized carbons (Fsp3) is 0.0435. The van der Waals surface area contributed by atoms with Crippen LogP contribution in [0.5, 0.6) is 11.6 Å². The maximum atomic E-state index is 12.6. The fourth-order valence-electron chi connectivity index (χ4n) is 3.15. The van der Waals surface area contributed by atoms with Crippen molar-refractivity contribution in [3.63, 3.8) is 0 Å². The highest BCUT2D eigenvalue weighted by molar-refractivity contribution is 7.20. The molecule has 0 saturated heterocycles. The van der Waals surface area contributed by atoms with Crippen LogP contribution in [-0.4, -0.2) is 25.4 Å². The SMILES string of the molecule is Cc1nccn1-c1cc(Oc2ccc(NC(=O)c3cc4ccccc4s3)cc2)ncn1. The molecule has 3 heterocycles. The summed E-state index contributed by atoms with van der Waals surface area (Å²) < 4.78 is 8.78. The second kappa shape index (κ2) is 8.00. The first-order valence-electron chi connectivity index (χ1n) is 9.56. The maximum Gasteiger partial charge on any atom is 0.265 e. The van der Waals surface area contributed by atoms with E-state index in [9.17, 15) is 4.79 Å². The normalized spacial score (nSPS) is 10.9. The van der Waals surface area contributed by atoms with E-state index in [1.807, 2.05) is 48.0 Å². The molecule has 0 aliphatic carbocycles. The Labute approximate surface area is 182 Å². The van der Waals surface area contributed by atoms with E-state index >= 15 is 0 Å². The number of ether oxygens (including phenoxy) is 1. The van der Waals surface area contributed by atoms with Gasteiger partial charge >= 0.3 is 0 Å². The number of carbonyl (C=O) groups excluding carboxylic acids is 1. The molecule has 0 radical (unpaired) electrons. The highest BCUT2D eigenvalue weighted by Gasteiger charge is 2.11. The van der Waals surface area contributed by atoms with Gasteiger partial charge in [0.15, 0.2) is 0 Å². The third-order valence-electron chi connectivity index (χ3n) is 4.68. The summed E-state index contributed by atoms with van der Waals surface area (Å²) in [6.07, 6.45) is 4.99. The highest BCUT2D eigenvalue weighted by atomic mass is 32.1. The third-order valence-corrected chi connectivity index (χ3v) is 5.80. The smallest absolute Gasteiger partial charge is 0.265 e. The van der Waals surface area contributed by atoms with Crippen molar-refractivity contribution in [2.24, 2.45) is 0 Å². The molecule has 0 bridgehead atoms. The standard InChI is InChI=1S/C23H17N5O2S/c1-15-24-10-11-28(15)21-13-22(26-14-25-21)30-18-8-6-17(7-9-18)27-23(29)20-12-16-4-2-3-5-19(16)31-20/h2-14H,1H3,(H,27,29). The van der Waals surface area contributed by atoms with Gasteiger partial charge < -0.3 is 10.1 Å². The molecule has 5 rings (SSSR count). The Morgan fingerprint density at radius 2 is 1.87 bits per heavy atom. The van der Waals surface area contributed by atoms with E-state index < -0.39 is 0 Å². The summed E-state index contributed by atoms with van der Waals surface area (Å²) in [6, 6.07) is 18.7. The highest BCUT2D eigenvalue weighted by Crippen LogP contribution is 2.27. The first-order valence-corrected chi connectivity index (χ1v) is 10.4. The summed E-state index contributed by atoms with van der Waals surface area (Å²) in [4.78, 5) is 25.9. The predicted molar refractivity (Wildman–Crippen MR) is 120 cm³/mol. The number of rotatable bonds is 5. The lowest BCUT2D eigenvalue weighted by Gasteiger charge is -2.08. The van der Waals surface area contributed by atoms with Crippen molar-refractivity contribution < 1.29 is 9.53 Å². The Morgan fingerprint density at radius 1 is 1.03 bits per heavy atom. The lowest BCUT2D eigenvalue weighted by molar-refractivity contribution is 0.103. The quantitative estimate of drug-likeness (QED) is 0.415. The van der Waals surface area contributed by atoms with Gasteiger partial charge in [-0.25, -0.2) is 15.0 Å². The number of imidazole rings is 1. The molecule has 0 spiro atoms. The minimum absolute atomic E-state index is 0.133. The number of anilines is 1. The minimum Gasteiger partial charge on any atom is -0.439 e. The Morgan fingerprint density at radius 3 is 2.65 bits per heavy atom. The van der Waals surface area contributed by atoms with Crippen LogP contribution in [0.3, 0.4) is 0 Å². The van der Waals surface area contributed by atoms with Crippen molar-refractivity contribution in [3.05, 3.63) is 90.1 Å². The van der Waals surface area contributed by atoms with Crippen LogP contribution in [0.1, 0.15) is 15.5 Å². The van der Waals surface area contributed by atoms with E-state index in [2.05, 4.69) is 20.3 Å². The van der Waals surface area contributed by atoms with E-state index in [0.717, 1.165) is 15.9 Å². The Bertz CT molecular complexity index is 1340. The van der Waals surface area contributed by atoms with E-state index in [-0.39, 0.29) is 5.91 Å². The zero-order valence-corrected chi connectivity index (χ0v) is 17.3. The summed E-state index contributed by atoms with van der Waals surface area (Å²) in [5.41, 5.74) is 0.687. The van der Waals surface area contributed by atoms with Crippen molar-refractivity contribution in [2.75, 3.05) is 5.32 Å². The lowest BCUT2D eigenvalue weighted by atomic mass is 10.2. The van der Waals surface area contributed by atoms with Crippen molar-refractivity contribution in [2.45, 2.75) is 6.92 Å². The van der Waals surface area contributed by atoms with E-state index in [1.165, 1.54) is 17.7 Å². The number of nitrogens with zero attached hydrogens (tertiary/aromatic N) is 4. The molecule has 0 aliphatic rings. The molecule has 31 heavy (non-hydrogen) atoms. The number of fused-ring (bicyclic) bond motifs is 1. The van der Waals surface area contributed by atoms with Gasteiger partial charge in [-0.2, -0.15) is 0 Å². The van der Waals surface area contributed by atoms with Crippen molar-refractivity contribution in [1.29, 1.82) is 0 Å². The molecular formula is C23H17N5O2S. The number of aryl methyl sites for hydroxylation is 1. The molecule has 1 amide bonds. The first kappa shape index (κ1) is 19.0. The second-order valence-corrected chi connectivity index (χ2v) is 7.87. The van der Waals surface area contributed by atoms with Crippen LogP contribution >= 0.6 is 11.3 Å². The molecule has 0 aliphatic heterocycles. The Kier molecular flexibility index (Phi) is 4.89. The largest absolute Gasteiger partial charge is 0.439 e. The zero-order valence-electron chi connectivity index (χ0n) is 16.5. The summed E-state index contributed by atoms with van der Waals surface area (Å²) in [5, 5.41) is 3.99. The van der Waals surface area contributed by atoms with E-state index in [1.54, 1.807) is 36.5 Å². The summed E-state index contributed by atoms with van der Waals surface area (Å²) in [5.74, 6) is 2.38. The average molecular weight is 427 g/mol. The van der Waals surface area contributed by atoms with Crippen LogP contribution in [0, 0.1) is 6.92 Å². The first-order chi connectivity index (χ1) is 15.2. The van der Waals surface area contributed by atoms with Gasteiger partial charge in [-0.1, -0.05) is 18.2 Å². The van der Waals surface area contributed by atoms with Gasteiger partial charge in [0.05, 0.1) is 4.88 Å². The van der Waals surface area contributed by atoms with Gasteiger partial charge in [0, 0.05) is 28.8 Å². The van der Waals surface area contributed by atoms with Crippen molar-refractivity contribution in [1.82, 2.24) is 19.5 Å². The summed E-state index contributed by atoms with van der Waals surface area (Å²) in [7, 11) is 0. The summed E-state index contributed by atoms with van der Waals surface area (Å²) >= 11 is 1.47. The van der Waals surface area contributed by atoms with E-state index in [0.29, 0.717) is 28.0 Å². The van der Waals surface area contributed by atoms with Crippen LogP contribution in [0.25, 0.3) is 15.9 Å². The topological polar surface area (TPSA) is 81.9 Å². The number of nitrogens with one attached hydrogen (secondary N) is 1. The van der Waals surface area contributed by atoms with E-state index in [4.69, 9.17) is 4.74 Å². The number of aromatic nitrogens is 4. The number of thiophene rings is 1. The zero-order chi connectivity index (χ0) is 21.2. The minimum atomic E-state index is -0.133. The van der Waals surface area contributed by atoms with Crippen LogP contribution in [0.2, 0.25) is 0 Å². The number of amides is 1. The molecule has 5 aromatic rings. The molecule has 0 atom stereocenters. The third kappa shape index (κ3) is 4.01. The van der Waals surface area contributed by atoms with Gasteiger partial charge in [0.1, 0.15) is 23.7 Å². The number of hydrogen-bond donors (Lipinski definition) is 1. The molecule has 1 N–H and O–H groups in total. The fourth-order valence-corrected chi connectivity index (χ4v) is 4.11. The molecular weight excluding hydrogens is 410 g/mol. The van der Waals surface area contributed by atoms with Gasteiger partial charge in [-0.15, -0.1) is 11.3 Å². The monoisotopic (exact) mass is 427 g/mol. The lowest BCUT2D eigenvalue weighted by Crippen LogP contribution is -2.09. The summed E-state index contributed by atoms with van der Waals surface area (Å²) in [6.45, 7) is 1.90. The molecule has 3 aromatic heterocycles. The number of benzene rings is 2. The molecule has 0 saturated carbocycles. The van der Waals surface area contributed by atoms with Crippen LogP contribution in [-0.2, 0) is 0 Å². The van der Waals surface area contributed by atoms with Crippen LogP contribution in [0.4, 0.5) is 5.69 Å². The van der Waals surface area contributed by atoms with Crippen LogP contribution < -0.4 is 10.1 Å². The molecule has 2 aromatic carbocycles. The van der Waals surface area contributed by atoms with Crippen molar-refractivity contribution in [3.8, 4) is 17.4 Å². The Hall–Kier alpha value is -4.04. The maximum absolute atomic E-state index is 12.6. The molecule has 0 unspecified atom stereocenters. The second-order valence-electron chi connectivity index (χ2n) is 6.79. The van der Waals surface area contributed by atoms with Crippen LogP contribution in [0.15, 0.2) is 79.4 Å². The van der Waals surface area contributed by atoms with Gasteiger partial charge in [-0.05, 0) is 48.7 Å². The van der Waals surface area contributed by atoms with Crippen molar-refractivity contribution >= 4 is 33.0 Å². The average Bonchev–Trinajstić information content (AvgIpc) is 3.41. The predicted octanol–water partition coefficient (Wildman–Crippen LogP) is 5.23. The molecule has 8 heteroatoms. The molecule has 152 valence electrons. The number of carbonyl (C=O) groups is 1. The van der Waals surface area contributed by atoms with Gasteiger partial charge in [0.2, 0.25) is 5.88 Å². The van der Waals surface area contributed by atoms with Gasteiger partial charge in [-0.3, -0.25) is 9.36 Å². The Balaban J connectivity index is 1.28. The molecule has 0 fully saturated rings. The number of hydrogen-bond acceptors (Lipinski definition) is 6.